The highest BCUT2D eigenvalue weighted by molar-refractivity contribution is 5.45. The molecular formula is C11H12F3NO. The van der Waals surface area contributed by atoms with Crippen molar-refractivity contribution in [3.05, 3.63) is 29.3 Å². The van der Waals surface area contributed by atoms with E-state index in [1.807, 2.05) is 0 Å². The van der Waals surface area contributed by atoms with E-state index in [2.05, 4.69) is 5.32 Å². The number of hydrogen-bond donors (Lipinski definition) is 1. The van der Waals surface area contributed by atoms with Crippen LogP contribution in [-0.2, 0) is 6.18 Å². The van der Waals surface area contributed by atoms with Gasteiger partial charge in [0.05, 0.1) is 12.7 Å². The van der Waals surface area contributed by atoms with E-state index < -0.39 is 11.7 Å². The average molecular weight is 231 g/mol. The minimum absolute atomic E-state index is 0.104. The molecule has 2 nitrogen and oxygen atoms in total. The van der Waals surface area contributed by atoms with Crippen LogP contribution in [0.5, 0.6) is 5.75 Å². The number of methoxy groups -OCH3 is 1. The number of rotatable bonds is 2. The molecule has 16 heavy (non-hydrogen) atoms. The number of benzene rings is 1. The predicted octanol–water partition coefficient (Wildman–Crippen LogP) is 2.40. The van der Waals surface area contributed by atoms with Gasteiger partial charge in [0.25, 0.3) is 0 Å². The molecule has 0 spiro atoms. The van der Waals surface area contributed by atoms with Gasteiger partial charge in [-0.15, -0.1) is 0 Å². The fourth-order valence-corrected chi connectivity index (χ4v) is 1.88. The van der Waals surface area contributed by atoms with Crippen molar-refractivity contribution in [1.29, 1.82) is 0 Å². The molecule has 88 valence electrons. The molecule has 1 aliphatic heterocycles. The summed E-state index contributed by atoms with van der Waals surface area (Å²) in [7, 11) is 1.39. The molecule has 0 aliphatic carbocycles. The third kappa shape index (κ3) is 1.87. The van der Waals surface area contributed by atoms with Crippen molar-refractivity contribution in [2.75, 3.05) is 20.2 Å². The SMILES string of the molecule is COc1cccc(C(F)(F)F)c1C1CNC1. The second-order valence-electron chi connectivity index (χ2n) is 3.77. The van der Waals surface area contributed by atoms with E-state index in [1.54, 1.807) is 6.07 Å². The van der Waals surface area contributed by atoms with Crippen LogP contribution in [0.3, 0.4) is 0 Å². The minimum atomic E-state index is -4.32. The van der Waals surface area contributed by atoms with Gasteiger partial charge in [0.15, 0.2) is 0 Å². The van der Waals surface area contributed by atoms with Gasteiger partial charge in [0.1, 0.15) is 5.75 Å². The second-order valence-corrected chi connectivity index (χ2v) is 3.77. The average Bonchev–Trinajstić information content (AvgIpc) is 2.13. The van der Waals surface area contributed by atoms with Gasteiger partial charge in [0.2, 0.25) is 0 Å². The van der Waals surface area contributed by atoms with E-state index in [0.717, 1.165) is 6.07 Å². The molecule has 0 unspecified atom stereocenters. The van der Waals surface area contributed by atoms with E-state index in [0.29, 0.717) is 18.8 Å². The number of alkyl halides is 3. The second kappa shape index (κ2) is 3.97. The number of ether oxygens (including phenoxy) is 1. The van der Waals surface area contributed by atoms with Crippen molar-refractivity contribution >= 4 is 0 Å². The number of nitrogens with one attached hydrogen (secondary N) is 1. The zero-order chi connectivity index (χ0) is 11.8. The lowest BCUT2D eigenvalue weighted by molar-refractivity contribution is -0.138. The Kier molecular flexibility index (Phi) is 2.80. The van der Waals surface area contributed by atoms with Crippen molar-refractivity contribution < 1.29 is 17.9 Å². The molecule has 5 heteroatoms. The molecule has 0 atom stereocenters. The van der Waals surface area contributed by atoms with E-state index in [9.17, 15) is 13.2 Å². The highest BCUT2D eigenvalue weighted by atomic mass is 19.4. The summed E-state index contributed by atoms with van der Waals surface area (Å²) in [5.74, 6) is 0.217. The Labute approximate surface area is 91.4 Å². The summed E-state index contributed by atoms with van der Waals surface area (Å²) in [6, 6.07) is 4.05. The van der Waals surface area contributed by atoms with Gasteiger partial charge in [-0.1, -0.05) is 6.07 Å². The monoisotopic (exact) mass is 231 g/mol. The van der Waals surface area contributed by atoms with Crippen molar-refractivity contribution in [2.45, 2.75) is 12.1 Å². The molecule has 1 saturated heterocycles. The summed E-state index contributed by atoms with van der Waals surface area (Å²) in [6.45, 7) is 1.15. The van der Waals surface area contributed by atoms with Gasteiger partial charge in [-0.3, -0.25) is 0 Å². The maximum Gasteiger partial charge on any atom is 0.416 e. The summed E-state index contributed by atoms with van der Waals surface area (Å²) in [5.41, 5.74) is -0.311. The molecule has 0 saturated carbocycles. The fraction of sp³-hybridized carbons (Fsp3) is 0.455. The lowest BCUT2D eigenvalue weighted by Crippen LogP contribution is -2.41. The minimum Gasteiger partial charge on any atom is -0.496 e. The smallest absolute Gasteiger partial charge is 0.416 e. The standard InChI is InChI=1S/C11H12F3NO/c1-16-9-4-2-3-8(11(12,13)14)10(9)7-5-15-6-7/h2-4,7,15H,5-6H2,1H3. The van der Waals surface area contributed by atoms with E-state index >= 15 is 0 Å². The normalized spacial score (nSPS) is 17.0. The van der Waals surface area contributed by atoms with Gasteiger partial charge in [-0.25, -0.2) is 0 Å². The first-order valence-electron chi connectivity index (χ1n) is 4.99. The summed E-state index contributed by atoms with van der Waals surface area (Å²) in [6.07, 6.45) is -4.32. The Balaban J connectivity index is 2.50. The summed E-state index contributed by atoms with van der Waals surface area (Å²) in [4.78, 5) is 0. The molecule has 2 rings (SSSR count). The third-order valence-corrected chi connectivity index (χ3v) is 2.78. The van der Waals surface area contributed by atoms with E-state index in [1.165, 1.54) is 13.2 Å². The first kappa shape index (κ1) is 11.3. The Morgan fingerprint density at radius 2 is 2.00 bits per heavy atom. The van der Waals surface area contributed by atoms with Crippen LogP contribution in [0.25, 0.3) is 0 Å². The van der Waals surface area contributed by atoms with Gasteiger partial charge >= 0.3 is 6.18 Å². The van der Waals surface area contributed by atoms with Crippen LogP contribution >= 0.6 is 0 Å². The van der Waals surface area contributed by atoms with Crippen LogP contribution < -0.4 is 10.1 Å². The first-order valence-corrected chi connectivity index (χ1v) is 4.99. The maximum absolute atomic E-state index is 12.8. The molecule has 1 aromatic carbocycles. The topological polar surface area (TPSA) is 21.3 Å². The highest BCUT2D eigenvalue weighted by Gasteiger charge is 2.38. The lowest BCUT2D eigenvalue weighted by Gasteiger charge is -2.31. The highest BCUT2D eigenvalue weighted by Crippen LogP contribution is 2.40. The quantitative estimate of drug-likeness (QED) is 0.843. The van der Waals surface area contributed by atoms with E-state index in [-0.39, 0.29) is 11.5 Å². The van der Waals surface area contributed by atoms with Crippen molar-refractivity contribution in [1.82, 2.24) is 5.32 Å². The Morgan fingerprint density at radius 3 is 2.44 bits per heavy atom. The molecule has 0 amide bonds. The van der Waals surface area contributed by atoms with Crippen LogP contribution in [0.4, 0.5) is 13.2 Å². The summed E-state index contributed by atoms with van der Waals surface area (Å²) in [5, 5.41) is 2.97. The van der Waals surface area contributed by atoms with Crippen molar-refractivity contribution in [2.24, 2.45) is 0 Å². The van der Waals surface area contributed by atoms with Crippen molar-refractivity contribution in [3.63, 3.8) is 0 Å². The molecule has 1 N–H and O–H groups in total. The van der Waals surface area contributed by atoms with Crippen LogP contribution in [-0.4, -0.2) is 20.2 Å². The molecular weight excluding hydrogens is 219 g/mol. The largest absolute Gasteiger partial charge is 0.496 e. The zero-order valence-electron chi connectivity index (χ0n) is 8.77. The maximum atomic E-state index is 12.8. The van der Waals surface area contributed by atoms with Crippen LogP contribution in [0.15, 0.2) is 18.2 Å². The Morgan fingerprint density at radius 1 is 1.31 bits per heavy atom. The van der Waals surface area contributed by atoms with Crippen LogP contribution in [0.2, 0.25) is 0 Å². The first-order chi connectivity index (χ1) is 7.54. The zero-order valence-corrected chi connectivity index (χ0v) is 8.77. The molecule has 0 aromatic heterocycles. The number of halogens is 3. The van der Waals surface area contributed by atoms with Gasteiger partial charge < -0.3 is 10.1 Å². The fourth-order valence-electron chi connectivity index (χ4n) is 1.88. The summed E-state index contributed by atoms with van der Waals surface area (Å²) < 4.78 is 43.4. The van der Waals surface area contributed by atoms with Crippen LogP contribution in [0.1, 0.15) is 17.0 Å². The van der Waals surface area contributed by atoms with Crippen LogP contribution in [0, 0.1) is 0 Å². The Hall–Kier alpha value is -1.23. The van der Waals surface area contributed by atoms with Gasteiger partial charge in [0, 0.05) is 24.6 Å². The molecule has 0 radical (unpaired) electrons. The molecule has 1 heterocycles. The summed E-state index contributed by atoms with van der Waals surface area (Å²) >= 11 is 0. The Bertz CT molecular complexity index is 385. The van der Waals surface area contributed by atoms with Gasteiger partial charge in [-0.2, -0.15) is 13.2 Å². The lowest BCUT2D eigenvalue weighted by atomic mass is 9.88. The molecule has 1 aliphatic rings. The van der Waals surface area contributed by atoms with E-state index in [4.69, 9.17) is 4.74 Å². The molecule has 1 fully saturated rings. The number of hydrogen-bond acceptors (Lipinski definition) is 2. The molecule has 1 aromatic rings. The predicted molar refractivity (Wildman–Crippen MR) is 53.6 cm³/mol. The van der Waals surface area contributed by atoms with Crippen molar-refractivity contribution in [3.8, 4) is 5.75 Å². The van der Waals surface area contributed by atoms with Gasteiger partial charge in [-0.05, 0) is 12.1 Å². The third-order valence-electron chi connectivity index (χ3n) is 2.78. The molecule has 0 bridgehead atoms.